The number of carbonyl (C=O) groups excluding carboxylic acids is 1. The van der Waals surface area contributed by atoms with Crippen LogP contribution in [0.25, 0.3) is 11.0 Å². The van der Waals surface area contributed by atoms with Crippen molar-refractivity contribution in [1.29, 1.82) is 0 Å². The van der Waals surface area contributed by atoms with Crippen LogP contribution in [0, 0.1) is 12.3 Å². The summed E-state index contributed by atoms with van der Waals surface area (Å²) in [6.45, 7) is 8.42. The van der Waals surface area contributed by atoms with Crippen LogP contribution in [0.2, 0.25) is 0 Å². The second-order valence-corrected chi connectivity index (χ2v) is 9.54. The Kier molecular flexibility index (Phi) is 4.34. The molecule has 142 valence electrons. The number of nitrogens with one attached hydrogen (secondary N) is 1. The number of hydrogen-bond donors (Lipinski definition) is 1. The van der Waals surface area contributed by atoms with Crippen molar-refractivity contribution in [3.8, 4) is 0 Å². The average Bonchev–Trinajstić information content (AvgIpc) is 3.24. The Hall–Kier alpha value is -2.21. The van der Waals surface area contributed by atoms with E-state index in [-0.39, 0.29) is 17.4 Å². The first-order chi connectivity index (χ1) is 12.8. The van der Waals surface area contributed by atoms with E-state index >= 15 is 0 Å². The summed E-state index contributed by atoms with van der Waals surface area (Å²) in [7, 11) is 1.89. The standard InChI is InChI=1S/C21H26N4OS/c1-12-17-14(11-15(13-8-9-13)22-19(17)25(5)24-12)20(26)23-18(21(2,3)4)16-7-6-10-27-16/h6-7,10-11,13,18H,8-9H2,1-5H3,(H,23,26). The van der Waals surface area contributed by atoms with Crippen molar-refractivity contribution in [2.75, 3.05) is 0 Å². The van der Waals surface area contributed by atoms with Gasteiger partial charge in [-0.2, -0.15) is 5.10 Å². The summed E-state index contributed by atoms with van der Waals surface area (Å²) in [6.07, 6.45) is 2.30. The van der Waals surface area contributed by atoms with Gasteiger partial charge in [0.2, 0.25) is 0 Å². The maximum atomic E-state index is 13.4. The molecular weight excluding hydrogens is 356 g/mol. The summed E-state index contributed by atoms with van der Waals surface area (Å²) < 4.78 is 1.79. The van der Waals surface area contributed by atoms with Crippen LogP contribution in [0.15, 0.2) is 23.6 Å². The van der Waals surface area contributed by atoms with Gasteiger partial charge in [-0.3, -0.25) is 9.48 Å². The summed E-state index contributed by atoms with van der Waals surface area (Å²) in [4.78, 5) is 19.4. The van der Waals surface area contributed by atoms with Crippen molar-refractivity contribution in [3.63, 3.8) is 0 Å². The van der Waals surface area contributed by atoms with Crippen LogP contribution in [-0.4, -0.2) is 20.7 Å². The van der Waals surface area contributed by atoms with Crippen molar-refractivity contribution in [2.45, 2.75) is 52.5 Å². The first kappa shape index (κ1) is 18.2. The molecule has 1 N–H and O–H groups in total. The Morgan fingerprint density at radius 3 is 2.70 bits per heavy atom. The fourth-order valence-electron chi connectivity index (χ4n) is 3.61. The Labute approximate surface area is 163 Å². The Bertz CT molecular complexity index is 994. The van der Waals surface area contributed by atoms with Crippen LogP contribution in [0.3, 0.4) is 0 Å². The minimum absolute atomic E-state index is 0.0467. The number of aromatic nitrogens is 3. The van der Waals surface area contributed by atoms with E-state index in [2.05, 4.69) is 42.6 Å². The van der Waals surface area contributed by atoms with Gasteiger partial charge in [0.25, 0.3) is 5.91 Å². The van der Waals surface area contributed by atoms with Gasteiger partial charge in [0.05, 0.1) is 22.7 Å². The van der Waals surface area contributed by atoms with Gasteiger partial charge in [-0.1, -0.05) is 26.8 Å². The van der Waals surface area contributed by atoms with Crippen LogP contribution in [0.1, 0.15) is 72.2 Å². The van der Waals surface area contributed by atoms with Gasteiger partial charge in [-0.05, 0) is 42.7 Å². The SMILES string of the molecule is Cc1nn(C)c2nc(C3CC3)cc(C(=O)NC(c3cccs3)C(C)(C)C)c12. The summed E-state index contributed by atoms with van der Waals surface area (Å²) >= 11 is 1.68. The highest BCUT2D eigenvalue weighted by molar-refractivity contribution is 7.10. The van der Waals surface area contributed by atoms with Gasteiger partial charge in [0.15, 0.2) is 5.65 Å². The first-order valence-corrected chi connectivity index (χ1v) is 10.3. The molecule has 4 rings (SSSR count). The third-order valence-corrected chi connectivity index (χ3v) is 6.14. The van der Waals surface area contributed by atoms with Gasteiger partial charge in [0, 0.05) is 23.5 Å². The minimum Gasteiger partial charge on any atom is -0.344 e. The maximum Gasteiger partial charge on any atom is 0.252 e. The fraction of sp³-hybridized carbons (Fsp3) is 0.476. The number of hydrogen-bond acceptors (Lipinski definition) is 4. The predicted molar refractivity (Wildman–Crippen MR) is 109 cm³/mol. The Morgan fingerprint density at radius 1 is 1.37 bits per heavy atom. The summed E-state index contributed by atoms with van der Waals surface area (Å²) in [6, 6.07) is 6.06. The quantitative estimate of drug-likeness (QED) is 0.709. The molecule has 0 aromatic carbocycles. The number of carbonyl (C=O) groups is 1. The molecule has 1 aliphatic rings. The summed E-state index contributed by atoms with van der Waals surface area (Å²) in [5.74, 6) is 0.431. The molecule has 1 amide bonds. The molecular formula is C21H26N4OS. The lowest BCUT2D eigenvalue weighted by molar-refractivity contribution is 0.0905. The molecule has 27 heavy (non-hydrogen) atoms. The largest absolute Gasteiger partial charge is 0.344 e. The van der Waals surface area contributed by atoms with Crippen molar-refractivity contribution >= 4 is 28.3 Å². The molecule has 0 saturated heterocycles. The zero-order chi connectivity index (χ0) is 19.3. The van der Waals surface area contributed by atoms with Crippen LogP contribution < -0.4 is 5.32 Å². The molecule has 1 atom stereocenters. The van der Waals surface area contributed by atoms with E-state index < -0.39 is 0 Å². The third-order valence-electron chi connectivity index (χ3n) is 5.20. The molecule has 1 fully saturated rings. The lowest BCUT2D eigenvalue weighted by atomic mass is 9.85. The molecule has 0 aliphatic heterocycles. The number of rotatable bonds is 4. The van der Waals surface area contributed by atoms with E-state index in [9.17, 15) is 4.79 Å². The summed E-state index contributed by atoms with van der Waals surface area (Å²) in [5, 5.41) is 10.7. The van der Waals surface area contributed by atoms with Crippen LogP contribution in [0.4, 0.5) is 0 Å². The van der Waals surface area contributed by atoms with E-state index in [0.29, 0.717) is 11.5 Å². The van der Waals surface area contributed by atoms with Crippen molar-refractivity contribution in [1.82, 2.24) is 20.1 Å². The molecule has 0 spiro atoms. The predicted octanol–water partition coefficient (Wildman–Crippen LogP) is 4.73. The Morgan fingerprint density at radius 2 is 2.11 bits per heavy atom. The molecule has 0 bridgehead atoms. The van der Waals surface area contributed by atoms with E-state index in [1.54, 1.807) is 16.0 Å². The molecule has 3 aromatic heterocycles. The second kappa shape index (κ2) is 6.44. The molecule has 3 heterocycles. The lowest BCUT2D eigenvalue weighted by Crippen LogP contribution is -2.36. The molecule has 5 nitrogen and oxygen atoms in total. The number of fused-ring (bicyclic) bond motifs is 1. The molecule has 3 aromatic rings. The van der Waals surface area contributed by atoms with E-state index in [0.717, 1.165) is 35.3 Å². The highest BCUT2D eigenvalue weighted by atomic mass is 32.1. The van der Waals surface area contributed by atoms with Gasteiger partial charge < -0.3 is 5.32 Å². The van der Waals surface area contributed by atoms with Crippen molar-refractivity contribution in [2.24, 2.45) is 12.5 Å². The minimum atomic E-state index is -0.0873. The highest BCUT2D eigenvalue weighted by Crippen LogP contribution is 2.41. The fourth-order valence-corrected chi connectivity index (χ4v) is 4.63. The average molecular weight is 383 g/mol. The zero-order valence-corrected chi connectivity index (χ0v) is 17.4. The number of aryl methyl sites for hydroxylation is 2. The normalized spacial score (nSPS) is 15.9. The maximum absolute atomic E-state index is 13.4. The van der Waals surface area contributed by atoms with E-state index in [4.69, 9.17) is 4.98 Å². The van der Waals surface area contributed by atoms with Crippen LogP contribution >= 0.6 is 11.3 Å². The number of pyridine rings is 1. The van der Waals surface area contributed by atoms with E-state index in [1.165, 1.54) is 4.88 Å². The zero-order valence-electron chi connectivity index (χ0n) is 16.5. The lowest BCUT2D eigenvalue weighted by Gasteiger charge is -2.31. The molecule has 1 unspecified atom stereocenters. The second-order valence-electron chi connectivity index (χ2n) is 8.56. The Balaban J connectivity index is 1.78. The first-order valence-electron chi connectivity index (χ1n) is 9.44. The van der Waals surface area contributed by atoms with Gasteiger partial charge in [-0.15, -0.1) is 11.3 Å². The molecule has 0 radical (unpaired) electrons. The van der Waals surface area contributed by atoms with Crippen LogP contribution in [-0.2, 0) is 7.05 Å². The highest BCUT2D eigenvalue weighted by Gasteiger charge is 2.32. The van der Waals surface area contributed by atoms with Gasteiger partial charge in [-0.25, -0.2) is 4.98 Å². The van der Waals surface area contributed by atoms with Gasteiger partial charge in [0.1, 0.15) is 0 Å². The third kappa shape index (κ3) is 3.38. The van der Waals surface area contributed by atoms with Gasteiger partial charge >= 0.3 is 0 Å². The molecule has 6 heteroatoms. The smallest absolute Gasteiger partial charge is 0.252 e. The molecule has 1 aliphatic carbocycles. The van der Waals surface area contributed by atoms with E-state index in [1.807, 2.05) is 26.1 Å². The summed E-state index contributed by atoms with van der Waals surface area (Å²) in [5.41, 5.74) is 3.26. The van der Waals surface area contributed by atoms with Crippen molar-refractivity contribution < 1.29 is 4.79 Å². The number of amides is 1. The topological polar surface area (TPSA) is 59.8 Å². The van der Waals surface area contributed by atoms with Crippen molar-refractivity contribution in [3.05, 3.63) is 45.4 Å². The van der Waals surface area contributed by atoms with Crippen LogP contribution in [0.5, 0.6) is 0 Å². The number of thiophene rings is 1. The number of nitrogens with zero attached hydrogens (tertiary/aromatic N) is 3. The molecule has 1 saturated carbocycles. The monoisotopic (exact) mass is 382 g/mol.